The van der Waals surface area contributed by atoms with Crippen LogP contribution in [0.25, 0.3) is 10.2 Å². The van der Waals surface area contributed by atoms with Crippen LogP contribution in [-0.2, 0) is 11.3 Å². The molecule has 1 aliphatic rings. The Morgan fingerprint density at radius 1 is 1.15 bits per heavy atom. The fraction of sp³-hybridized carbons (Fsp3) is 0.467. The van der Waals surface area contributed by atoms with Crippen molar-refractivity contribution in [3.05, 3.63) is 33.9 Å². The van der Waals surface area contributed by atoms with E-state index in [2.05, 4.69) is 0 Å². The first kappa shape index (κ1) is 13.4. The Morgan fingerprint density at radius 2 is 1.90 bits per heavy atom. The predicted molar refractivity (Wildman–Crippen MR) is 81.1 cm³/mol. The summed E-state index contributed by atoms with van der Waals surface area (Å²) in [6.07, 6.45) is 3.85. The number of hydrogen-bond donors (Lipinski definition) is 0. The lowest BCUT2D eigenvalue weighted by atomic mass is 10.1. The molecule has 0 unspecified atom stereocenters. The summed E-state index contributed by atoms with van der Waals surface area (Å²) in [6.45, 7) is 2.23. The fourth-order valence-electron chi connectivity index (χ4n) is 2.73. The highest BCUT2D eigenvalue weighted by molar-refractivity contribution is 7.16. The van der Waals surface area contributed by atoms with E-state index in [9.17, 15) is 9.59 Å². The number of carbonyl (C=O) groups excluding carboxylic acids is 1. The molecule has 1 aromatic carbocycles. The molecule has 4 nitrogen and oxygen atoms in total. The Kier molecular flexibility index (Phi) is 3.87. The lowest BCUT2D eigenvalue weighted by Crippen LogP contribution is -2.36. The van der Waals surface area contributed by atoms with E-state index in [-0.39, 0.29) is 10.8 Å². The van der Waals surface area contributed by atoms with Crippen molar-refractivity contribution in [2.45, 2.75) is 32.2 Å². The van der Waals surface area contributed by atoms with Gasteiger partial charge < -0.3 is 4.90 Å². The summed E-state index contributed by atoms with van der Waals surface area (Å²) in [5.74, 6) is 0.173. The van der Waals surface area contributed by atoms with Crippen LogP contribution in [0.4, 0.5) is 0 Å². The molecule has 2 aromatic rings. The van der Waals surface area contributed by atoms with Gasteiger partial charge in [-0.05, 0) is 31.4 Å². The van der Waals surface area contributed by atoms with E-state index in [1.54, 1.807) is 4.57 Å². The van der Waals surface area contributed by atoms with Crippen molar-refractivity contribution in [2.75, 3.05) is 13.1 Å². The fourth-order valence-corrected chi connectivity index (χ4v) is 3.65. The molecule has 0 N–H and O–H groups in total. The molecular weight excluding hydrogens is 272 g/mol. The molecule has 0 spiro atoms. The molecule has 1 fully saturated rings. The standard InChI is InChI=1S/C15H18N2O2S/c18-14(16-9-4-1-5-10-16)8-11-17-12-6-2-3-7-13(12)20-15(17)19/h2-3,6-7H,1,4-5,8-11H2. The van der Waals surface area contributed by atoms with E-state index < -0.39 is 0 Å². The first-order chi connectivity index (χ1) is 9.75. The molecule has 5 heteroatoms. The number of piperidine rings is 1. The zero-order valence-corrected chi connectivity index (χ0v) is 12.2. The largest absolute Gasteiger partial charge is 0.343 e. The van der Waals surface area contributed by atoms with Crippen molar-refractivity contribution in [3.63, 3.8) is 0 Å². The number of fused-ring (bicyclic) bond motifs is 1. The van der Waals surface area contributed by atoms with E-state index >= 15 is 0 Å². The molecule has 2 heterocycles. The van der Waals surface area contributed by atoms with Gasteiger partial charge >= 0.3 is 4.87 Å². The topological polar surface area (TPSA) is 42.3 Å². The third-order valence-electron chi connectivity index (χ3n) is 3.83. The van der Waals surface area contributed by atoms with Crippen molar-refractivity contribution < 1.29 is 4.79 Å². The van der Waals surface area contributed by atoms with Gasteiger partial charge in [0, 0.05) is 26.1 Å². The Balaban J connectivity index is 1.72. The van der Waals surface area contributed by atoms with Crippen LogP contribution in [0.15, 0.2) is 29.1 Å². The zero-order valence-electron chi connectivity index (χ0n) is 11.4. The van der Waals surface area contributed by atoms with Gasteiger partial charge in [-0.2, -0.15) is 0 Å². The van der Waals surface area contributed by atoms with Crippen molar-refractivity contribution in [1.29, 1.82) is 0 Å². The lowest BCUT2D eigenvalue weighted by molar-refractivity contribution is -0.132. The second-order valence-electron chi connectivity index (χ2n) is 5.18. The van der Waals surface area contributed by atoms with E-state index in [4.69, 9.17) is 0 Å². The summed E-state index contributed by atoms with van der Waals surface area (Å²) >= 11 is 1.25. The number of benzene rings is 1. The Labute approximate surface area is 121 Å². The van der Waals surface area contributed by atoms with Gasteiger partial charge in [0.1, 0.15) is 0 Å². The molecule has 106 valence electrons. The highest BCUT2D eigenvalue weighted by Crippen LogP contribution is 2.17. The van der Waals surface area contributed by atoms with Gasteiger partial charge in [0.15, 0.2) is 0 Å². The molecule has 0 radical (unpaired) electrons. The minimum Gasteiger partial charge on any atom is -0.343 e. The molecule has 1 aromatic heterocycles. The number of amides is 1. The molecule has 3 rings (SSSR count). The molecule has 0 saturated carbocycles. The molecule has 1 saturated heterocycles. The summed E-state index contributed by atoms with van der Waals surface area (Å²) in [4.78, 5) is 26.1. The number of rotatable bonds is 3. The van der Waals surface area contributed by atoms with Crippen molar-refractivity contribution in [3.8, 4) is 0 Å². The van der Waals surface area contributed by atoms with Gasteiger partial charge in [0.25, 0.3) is 0 Å². The maximum Gasteiger partial charge on any atom is 0.308 e. The SMILES string of the molecule is O=C(CCn1c(=O)sc2ccccc21)N1CCCCC1. The van der Waals surface area contributed by atoms with Crippen LogP contribution in [0, 0.1) is 0 Å². The average molecular weight is 290 g/mol. The number of aryl methyl sites for hydroxylation is 1. The molecule has 1 aliphatic heterocycles. The predicted octanol–water partition coefficient (Wildman–Crippen LogP) is 2.47. The lowest BCUT2D eigenvalue weighted by Gasteiger charge is -2.26. The first-order valence-corrected chi connectivity index (χ1v) is 7.93. The maximum absolute atomic E-state index is 12.2. The monoisotopic (exact) mass is 290 g/mol. The number of thiazole rings is 1. The van der Waals surface area contributed by atoms with Crippen molar-refractivity contribution in [2.24, 2.45) is 0 Å². The van der Waals surface area contributed by atoms with Gasteiger partial charge in [-0.1, -0.05) is 23.5 Å². The van der Waals surface area contributed by atoms with Crippen LogP contribution in [0.5, 0.6) is 0 Å². The highest BCUT2D eigenvalue weighted by Gasteiger charge is 2.17. The minimum atomic E-state index is 0.0256. The van der Waals surface area contributed by atoms with Gasteiger partial charge in [-0.3, -0.25) is 14.2 Å². The van der Waals surface area contributed by atoms with Crippen LogP contribution in [0.1, 0.15) is 25.7 Å². The van der Waals surface area contributed by atoms with E-state index in [0.29, 0.717) is 13.0 Å². The minimum absolute atomic E-state index is 0.0256. The second-order valence-corrected chi connectivity index (χ2v) is 6.17. The third kappa shape index (κ3) is 2.63. The number of likely N-dealkylation sites (tertiary alicyclic amines) is 1. The van der Waals surface area contributed by atoms with Crippen LogP contribution in [0.2, 0.25) is 0 Å². The van der Waals surface area contributed by atoms with Crippen LogP contribution < -0.4 is 4.87 Å². The highest BCUT2D eigenvalue weighted by atomic mass is 32.1. The van der Waals surface area contributed by atoms with Gasteiger partial charge in [0.2, 0.25) is 5.91 Å². The summed E-state index contributed by atoms with van der Waals surface area (Å²) in [5.41, 5.74) is 0.939. The molecule has 0 bridgehead atoms. The summed E-state index contributed by atoms with van der Waals surface area (Å²) < 4.78 is 2.71. The number of aromatic nitrogens is 1. The van der Waals surface area contributed by atoms with E-state index in [1.165, 1.54) is 17.8 Å². The molecule has 0 atom stereocenters. The molecule has 1 amide bonds. The average Bonchev–Trinajstić information content (AvgIpc) is 2.81. The second kappa shape index (κ2) is 5.79. The van der Waals surface area contributed by atoms with Gasteiger partial charge in [0.05, 0.1) is 10.2 Å². The Morgan fingerprint density at radius 3 is 2.70 bits per heavy atom. The van der Waals surface area contributed by atoms with Crippen LogP contribution in [0.3, 0.4) is 0 Å². The number of carbonyl (C=O) groups is 1. The van der Waals surface area contributed by atoms with Gasteiger partial charge in [-0.25, -0.2) is 0 Å². The van der Waals surface area contributed by atoms with Crippen LogP contribution in [-0.4, -0.2) is 28.5 Å². The Bertz CT molecular complexity index is 668. The molecular formula is C15H18N2O2S. The maximum atomic E-state index is 12.2. The van der Waals surface area contributed by atoms with E-state index in [0.717, 1.165) is 36.1 Å². The number of para-hydroxylation sites is 1. The third-order valence-corrected chi connectivity index (χ3v) is 4.79. The number of hydrogen-bond acceptors (Lipinski definition) is 3. The Hall–Kier alpha value is -1.62. The smallest absolute Gasteiger partial charge is 0.308 e. The first-order valence-electron chi connectivity index (χ1n) is 7.12. The summed E-state index contributed by atoms with van der Waals surface area (Å²) in [5, 5.41) is 0. The summed E-state index contributed by atoms with van der Waals surface area (Å²) in [6, 6.07) is 7.75. The normalized spacial score (nSPS) is 15.7. The number of nitrogens with zero attached hydrogens (tertiary/aromatic N) is 2. The molecule has 0 aliphatic carbocycles. The van der Waals surface area contributed by atoms with Crippen molar-refractivity contribution in [1.82, 2.24) is 9.47 Å². The molecule has 20 heavy (non-hydrogen) atoms. The van der Waals surface area contributed by atoms with Gasteiger partial charge in [-0.15, -0.1) is 0 Å². The summed E-state index contributed by atoms with van der Waals surface area (Å²) in [7, 11) is 0. The van der Waals surface area contributed by atoms with Crippen LogP contribution >= 0.6 is 11.3 Å². The van der Waals surface area contributed by atoms with Crippen molar-refractivity contribution >= 4 is 27.5 Å². The van der Waals surface area contributed by atoms with E-state index in [1.807, 2.05) is 29.2 Å². The zero-order chi connectivity index (χ0) is 13.9. The quantitative estimate of drug-likeness (QED) is 0.871.